The first-order valence-electron chi connectivity index (χ1n) is 5.30. The van der Waals surface area contributed by atoms with Gasteiger partial charge < -0.3 is 5.11 Å². The SMILES string of the molecule is CC1(NS(=O)(=O)c2cc(C(=O)O)ccc2Br)CC1. The van der Waals surface area contributed by atoms with Crippen LogP contribution >= 0.6 is 15.9 Å². The van der Waals surface area contributed by atoms with Gasteiger partial charge in [-0.1, -0.05) is 0 Å². The van der Waals surface area contributed by atoms with E-state index in [1.165, 1.54) is 12.1 Å². The lowest BCUT2D eigenvalue weighted by atomic mass is 10.2. The molecule has 0 atom stereocenters. The summed E-state index contributed by atoms with van der Waals surface area (Å²) in [6, 6.07) is 3.93. The highest BCUT2D eigenvalue weighted by Crippen LogP contribution is 2.36. The molecule has 0 spiro atoms. The van der Waals surface area contributed by atoms with E-state index in [1.54, 1.807) is 0 Å². The molecule has 0 amide bonds. The predicted octanol–water partition coefficient (Wildman–Crippen LogP) is 1.98. The highest BCUT2D eigenvalue weighted by molar-refractivity contribution is 9.10. The van der Waals surface area contributed by atoms with E-state index in [-0.39, 0.29) is 10.5 Å². The number of aromatic carboxylic acids is 1. The molecule has 0 saturated heterocycles. The summed E-state index contributed by atoms with van der Waals surface area (Å²) in [5.41, 5.74) is -0.447. The molecule has 2 rings (SSSR count). The lowest BCUT2D eigenvalue weighted by Gasteiger charge is -2.13. The molecular formula is C11H12BrNO4S. The Balaban J connectivity index is 2.43. The zero-order chi connectivity index (χ0) is 13.6. The Hall–Kier alpha value is -0.920. The molecule has 1 aromatic rings. The molecule has 0 aliphatic heterocycles. The van der Waals surface area contributed by atoms with Crippen molar-refractivity contribution in [2.45, 2.75) is 30.2 Å². The quantitative estimate of drug-likeness (QED) is 0.882. The largest absolute Gasteiger partial charge is 0.478 e. The van der Waals surface area contributed by atoms with Gasteiger partial charge in [0, 0.05) is 10.0 Å². The first-order valence-corrected chi connectivity index (χ1v) is 7.58. The smallest absolute Gasteiger partial charge is 0.335 e. The number of carboxylic acids is 1. The van der Waals surface area contributed by atoms with Gasteiger partial charge in [-0.15, -0.1) is 0 Å². The van der Waals surface area contributed by atoms with Crippen molar-refractivity contribution in [2.75, 3.05) is 0 Å². The summed E-state index contributed by atoms with van der Waals surface area (Å²) >= 11 is 3.13. The zero-order valence-electron chi connectivity index (χ0n) is 9.60. The molecule has 98 valence electrons. The summed E-state index contributed by atoms with van der Waals surface area (Å²) in [6.45, 7) is 1.82. The van der Waals surface area contributed by atoms with Crippen LogP contribution in [0.15, 0.2) is 27.6 Å². The van der Waals surface area contributed by atoms with Gasteiger partial charge in [0.2, 0.25) is 10.0 Å². The topological polar surface area (TPSA) is 83.5 Å². The molecule has 1 saturated carbocycles. The average molecular weight is 334 g/mol. The Morgan fingerprint density at radius 1 is 1.44 bits per heavy atom. The minimum Gasteiger partial charge on any atom is -0.478 e. The Morgan fingerprint density at radius 2 is 2.06 bits per heavy atom. The fourth-order valence-electron chi connectivity index (χ4n) is 1.51. The van der Waals surface area contributed by atoms with Gasteiger partial charge in [-0.3, -0.25) is 0 Å². The fourth-order valence-corrected chi connectivity index (χ4v) is 3.97. The van der Waals surface area contributed by atoms with Crippen LogP contribution in [0.3, 0.4) is 0 Å². The average Bonchev–Trinajstić information content (AvgIpc) is 2.94. The second kappa shape index (κ2) is 4.32. The number of sulfonamides is 1. The number of hydrogen-bond acceptors (Lipinski definition) is 3. The molecule has 0 bridgehead atoms. The van der Waals surface area contributed by atoms with E-state index < -0.39 is 21.5 Å². The summed E-state index contributed by atoms with van der Waals surface area (Å²) in [6.07, 6.45) is 1.59. The molecule has 0 aromatic heterocycles. The molecular weight excluding hydrogens is 322 g/mol. The molecule has 0 unspecified atom stereocenters. The van der Waals surface area contributed by atoms with E-state index >= 15 is 0 Å². The van der Waals surface area contributed by atoms with E-state index in [0.717, 1.165) is 18.9 Å². The van der Waals surface area contributed by atoms with Gasteiger partial charge in [0.1, 0.15) is 0 Å². The Labute approximate surface area is 113 Å². The molecule has 0 radical (unpaired) electrons. The van der Waals surface area contributed by atoms with Gasteiger partial charge >= 0.3 is 5.97 Å². The van der Waals surface area contributed by atoms with Gasteiger partial charge in [-0.25, -0.2) is 17.9 Å². The van der Waals surface area contributed by atoms with E-state index in [1.807, 2.05) is 6.92 Å². The number of rotatable bonds is 4. The standard InChI is InChI=1S/C11H12BrNO4S/c1-11(4-5-11)13-18(16,17)9-6-7(10(14)15)2-3-8(9)12/h2-3,6,13H,4-5H2,1H3,(H,14,15). The van der Waals surface area contributed by atoms with Crippen molar-refractivity contribution >= 4 is 31.9 Å². The third-order valence-electron chi connectivity index (χ3n) is 2.85. The number of carboxylic acid groups (broad SMARTS) is 1. The van der Waals surface area contributed by atoms with Crippen molar-refractivity contribution < 1.29 is 18.3 Å². The van der Waals surface area contributed by atoms with Gasteiger partial charge in [-0.2, -0.15) is 0 Å². The van der Waals surface area contributed by atoms with Crippen molar-refractivity contribution in [3.05, 3.63) is 28.2 Å². The van der Waals surface area contributed by atoms with Gasteiger partial charge in [0.15, 0.2) is 0 Å². The predicted molar refractivity (Wildman–Crippen MR) is 69.1 cm³/mol. The molecule has 1 aromatic carbocycles. The van der Waals surface area contributed by atoms with Crippen LogP contribution in [-0.4, -0.2) is 25.0 Å². The van der Waals surface area contributed by atoms with Gasteiger partial charge in [-0.05, 0) is 53.9 Å². The minimum absolute atomic E-state index is 0.0458. The number of hydrogen-bond donors (Lipinski definition) is 2. The lowest BCUT2D eigenvalue weighted by Crippen LogP contribution is -2.34. The minimum atomic E-state index is -3.70. The molecule has 1 fully saturated rings. The third-order valence-corrected chi connectivity index (χ3v) is 5.48. The van der Waals surface area contributed by atoms with Crippen molar-refractivity contribution in [3.8, 4) is 0 Å². The molecule has 5 nitrogen and oxygen atoms in total. The summed E-state index contributed by atoms with van der Waals surface area (Å²) in [5.74, 6) is -1.16. The summed E-state index contributed by atoms with van der Waals surface area (Å²) in [5, 5.41) is 8.88. The van der Waals surface area contributed by atoms with Crippen LogP contribution in [0, 0.1) is 0 Å². The van der Waals surface area contributed by atoms with Crippen LogP contribution in [0.2, 0.25) is 0 Å². The van der Waals surface area contributed by atoms with Crippen molar-refractivity contribution in [1.29, 1.82) is 0 Å². The lowest BCUT2D eigenvalue weighted by molar-refractivity contribution is 0.0696. The van der Waals surface area contributed by atoms with Crippen LogP contribution in [0.4, 0.5) is 0 Å². The number of benzene rings is 1. The van der Waals surface area contributed by atoms with Crippen LogP contribution in [0.1, 0.15) is 30.1 Å². The molecule has 0 heterocycles. The second-order valence-electron chi connectivity index (χ2n) is 4.62. The van der Waals surface area contributed by atoms with E-state index in [9.17, 15) is 13.2 Å². The highest BCUT2D eigenvalue weighted by atomic mass is 79.9. The third kappa shape index (κ3) is 2.73. The van der Waals surface area contributed by atoms with Crippen molar-refractivity contribution in [3.63, 3.8) is 0 Å². The summed E-state index contributed by atoms with van der Waals surface area (Å²) < 4.78 is 27.2. The highest BCUT2D eigenvalue weighted by Gasteiger charge is 2.41. The van der Waals surface area contributed by atoms with Crippen LogP contribution in [0.25, 0.3) is 0 Å². The van der Waals surface area contributed by atoms with Crippen LogP contribution in [0.5, 0.6) is 0 Å². The first-order chi connectivity index (χ1) is 8.23. The summed E-state index contributed by atoms with van der Waals surface area (Å²) in [7, 11) is -3.70. The normalized spacial score (nSPS) is 17.4. The van der Waals surface area contributed by atoms with E-state index in [0.29, 0.717) is 4.47 Å². The zero-order valence-corrected chi connectivity index (χ0v) is 12.0. The second-order valence-corrected chi connectivity index (χ2v) is 7.12. The maximum atomic E-state index is 12.1. The monoisotopic (exact) mass is 333 g/mol. The van der Waals surface area contributed by atoms with Gasteiger partial charge in [0.25, 0.3) is 0 Å². The molecule has 18 heavy (non-hydrogen) atoms. The maximum absolute atomic E-state index is 12.1. The molecule has 1 aliphatic carbocycles. The number of carbonyl (C=O) groups is 1. The van der Waals surface area contributed by atoms with Crippen LogP contribution in [-0.2, 0) is 10.0 Å². The molecule has 7 heteroatoms. The Morgan fingerprint density at radius 3 is 2.56 bits per heavy atom. The maximum Gasteiger partial charge on any atom is 0.335 e. The van der Waals surface area contributed by atoms with Crippen molar-refractivity contribution in [2.24, 2.45) is 0 Å². The molecule has 1 aliphatic rings. The Kier molecular flexibility index (Phi) is 3.25. The Bertz CT molecular complexity index is 607. The van der Waals surface area contributed by atoms with Gasteiger partial charge in [0.05, 0.1) is 10.5 Å². The van der Waals surface area contributed by atoms with E-state index in [4.69, 9.17) is 5.11 Å². The molecule has 2 N–H and O–H groups in total. The summed E-state index contributed by atoms with van der Waals surface area (Å²) in [4.78, 5) is 10.8. The van der Waals surface area contributed by atoms with Crippen LogP contribution < -0.4 is 4.72 Å². The first kappa shape index (κ1) is 13.5. The van der Waals surface area contributed by atoms with E-state index in [2.05, 4.69) is 20.7 Å². The number of halogens is 1. The number of nitrogens with one attached hydrogen (secondary N) is 1. The fraction of sp³-hybridized carbons (Fsp3) is 0.364. The van der Waals surface area contributed by atoms with Crippen molar-refractivity contribution in [1.82, 2.24) is 4.72 Å².